The molecule has 4 rings (SSSR count). The molecule has 1 atom stereocenters. The lowest BCUT2D eigenvalue weighted by Gasteiger charge is -2.36. The number of anilines is 2. The number of para-hydroxylation sites is 1. The highest BCUT2D eigenvalue weighted by Gasteiger charge is 2.31. The number of carbonyl (C=O) groups excluding carboxylic acids is 2. The molecule has 7 nitrogen and oxygen atoms in total. The molecule has 1 aromatic heterocycles. The van der Waals surface area contributed by atoms with Crippen LogP contribution in [0.25, 0.3) is 10.9 Å². The van der Waals surface area contributed by atoms with Crippen molar-refractivity contribution in [1.82, 2.24) is 4.98 Å². The number of carbonyl (C=O) groups is 2. The number of quaternary nitrogens is 1. The number of methoxy groups -OCH3 is 1. The van der Waals surface area contributed by atoms with Gasteiger partial charge in [0, 0.05) is 21.1 Å². The zero-order valence-electron chi connectivity index (χ0n) is 17.6. The summed E-state index contributed by atoms with van der Waals surface area (Å²) in [4.78, 5) is 32.1. The first-order valence-electron chi connectivity index (χ1n) is 10.3. The van der Waals surface area contributed by atoms with E-state index in [4.69, 9.17) is 4.74 Å². The molecule has 0 bridgehead atoms. The molecule has 1 fully saturated rings. The number of H-pyrrole nitrogens is 1. The number of halogens is 1. The van der Waals surface area contributed by atoms with E-state index in [0.29, 0.717) is 5.69 Å². The summed E-state index contributed by atoms with van der Waals surface area (Å²) in [7, 11) is 1.33. The average molecular weight is 486 g/mol. The van der Waals surface area contributed by atoms with Gasteiger partial charge in [0.15, 0.2) is 6.04 Å². The third-order valence-electron chi connectivity index (χ3n) is 5.93. The van der Waals surface area contributed by atoms with Gasteiger partial charge < -0.3 is 24.8 Å². The molecular formula is C23H26BrN4O3+. The maximum Gasteiger partial charge on any atom is 0.356 e. The van der Waals surface area contributed by atoms with Gasteiger partial charge in [0.2, 0.25) is 0 Å². The first kappa shape index (κ1) is 21.4. The van der Waals surface area contributed by atoms with E-state index in [1.54, 1.807) is 0 Å². The normalized spacial score (nSPS) is 15.6. The van der Waals surface area contributed by atoms with Crippen molar-refractivity contribution in [3.63, 3.8) is 0 Å². The third kappa shape index (κ3) is 4.45. The zero-order valence-corrected chi connectivity index (χ0v) is 19.2. The largest absolute Gasteiger partial charge is 0.464 e. The predicted molar refractivity (Wildman–Crippen MR) is 125 cm³/mol. The van der Waals surface area contributed by atoms with Gasteiger partial charge in [-0.3, -0.25) is 4.79 Å². The summed E-state index contributed by atoms with van der Waals surface area (Å²) in [5.74, 6) is -0.631. The molecule has 0 aliphatic carbocycles. The minimum atomic E-state index is -0.515. The van der Waals surface area contributed by atoms with Crippen LogP contribution in [0.3, 0.4) is 0 Å². The van der Waals surface area contributed by atoms with Gasteiger partial charge in [0.25, 0.3) is 5.91 Å². The number of piperazine rings is 1. The smallest absolute Gasteiger partial charge is 0.356 e. The van der Waals surface area contributed by atoms with E-state index in [-0.39, 0.29) is 17.6 Å². The van der Waals surface area contributed by atoms with Crippen molar-refractivity contribution in [2.24, 2.45) is 0 Å². The lowest BCUT2D eigenvalue weighted by Crippen LogP contribution is -3.19. The Labute approximate surface area is 189 Å². The van der Waals surface area contributed by atoms with Crippen LogP contribution in [-0.2, 0) is 9.53 Å². The van der Waals surface area contributed by atoms with E-state index >= 15 is 0 Å². The van der Waals surface area contributed by atoms with Crippen LogP contribution in [0.15, 0.2) is 53.0 Å². The number of hydrogen-bond donors (Lipinski definition) is 3. The van der Waals surface area contributed by atoms with Crippen molar-refractivity contribution in [2.75, 3.05) is 43.5 Å². The second-order valence-electron chi connectivity index (χ2n) is 7.75. The molecule has 0 saturated carbocycles. The molecule has 2 aromatic carbocycles. The van der Waals surface area contributed by atoms with Crippen LogP contribution in [0.4, 0.5) is 11.4 Å². The Morgan fingerprint density at radius 3 is 2.55 bits per heavy atom. The second kappa shape index (κ2) is 9.11. The van der Waals surface area contributed by atoms with Crippen LogP contribution in [0.5, 0.6) is 0 Å². The van der Waals surface area contributed by atoms with Crippen LogP contribution < -0.4 is 15.1 Å². The van der Waals surface area contributed by atoms with Gasteiger partial charge in [0.05, 0.1) is 39.0 Å². The Balaban J connectivity index is 1.49. The minimum absolute atomic E-state index is 0.116. The number of fused-ring (bicyclic) bond motifs is 1. The molecule has 1 amide bonds. The molecule has 0 radical (unpaired) electrons. The van der Waals surface area contributed by atoms with Crippen LogP contribution >= 0.6 is 15.9 Å². The first-order valence-corrected chi connectivity index (χ1v) is 11.1. The molecule has 0 spiro atoms. The first-order chi connectivity index (χ1) is 15.0. The highest BCUT2D eigenvalue weighted by atomic mass is 79.9. The highest BCUT2D eigenvalue weighted by Crippen LogP contribution is 2.30. The molecule has 0 unspecified atom stereocenters. The number of benzene rings is 2. The SMILES string of the molecule is COC(=O)c1[nH]c2ccc(Br)cc2c1NC(=O)[C@H](C)[NH+]1CCN(c2ccccc2)CC1. The molecule has 31 heavy (non-hydrogen) atoms. The third-order valence-corrected chi connectivity index (χ3v) is 6.42. The van der Waals surface area contributed by atoms with Gasteiger partial charge in [-0.25, -0.2) is 4.79 Å². The fraction of sp³-hybridized carbons (Fsp3) is 0.304. The van der Waals surface area contributed by atoms with E-state index in [9.17, 15) is 9.59 Å². The molecule has 162 valence electrons. The zero-order chi connectivity index (χ0) is 22.0. The molecule has 1 aliphatic heterocycles. The van der Waals surface area contributed by atoms with Crippen molar-refractivity contribution >= 4 is 50.1 Å². The monoisotopic (exact) mass is 485 g/mol. The van der Waals surface area contributed by atoms with Crippen molar-refractivity contribution in [1.29, 1.82) is 0 Å². The Morgan fingerprint density at radius 2 is 1.87 bits per heavy atom. The molecule has 1 saturated heterocycles. The molecule has 8 heteroatoms. The fourth-order valence-corrected chi connectivity index (χ4v) is 4.45. The average Bonchev–Trinajstić information content (AvgIpc) is 3.16. The van der Waals surface area contributed by atoms with Gasteiger partial charge in [0.1, 0.15) is 5.69 Å². The Morgan fingerprint density at radius 1 is 1.16 bits per heavy atom. The highest BCUT2D eigenvalue weighted by molar-refractivity contribution is 9.10. The summed E-state index contributed by atoms with van der Waals surface area (Å²) in [6.45, 7) is 5.46. The summed E-state index contributed by atoms with van der Waals surface area (Å²) in [6, 6.07) is 15.7. The number of nitrogens with zero attached hydrogens (tertiary/aromatic N) is 1. The van der Waals surface area contributed by atoms with Crippen molar-refractivity contribution in [2.45, 2.75) is 13.0 Å². The van der Waals surface area contributed by atoms with Gasteiger partial charge >= 0.3 is 5.97 Å². The number of rotatable bonds is 5. The number of aromatic nitrogens is 1. The summed E-state index contributed by atoms with van der Waals surface area (Å²) < 4.78 is 5.77. The van der Waals surface area contributed by atoms with Crippen LogP contribution in [-0.4, -0.2) is 56.2 Å². The quantitative estimate of drug-likeness (QED) is 0.485. The Kier molecular flexibility index (Phi) is 6.29. The van der Waals surface area contributed by atoms with E-state index in [1.807, 2.05) is 43.3 Å². The van der Waals surface area contributed by atoms with E-state index in [1.165, 1.54) is 17.7 Å². The Hall–Kier alpha value is -2.84. The summed E-state index contributed by atoms with van der Waals surface area (Å²) >= 11 is 3.46. The lowest BCUT2D eigenvalue weighted by molar-refractivity contribution is -0.914. The summed E-state index contributed by atoms with van der Waals surface area (Å²) in [6.07, 6.45) is 0. The van der Waals surface area contributed by atoms with E-state index in [0.717, 1.165) is 41.6 Å². The van der Waals surface area contributed by atoms with Crippen LogP contribution in [0, 0.1) is 0 Å². The van der Waals surface area contributed by atoms with Gasteiger partial charge in [-0.2, -0.15) is 0 Å². The number of nitrogens with one attached hydrogen (secondary N) is 3. The number of esters is 1. The van der Waals surface area contributed by atoms with Gasteiger partial charge in [-0.1, -0.05) is 34.1 Å². The van der Waals surface area contributed by atoms with E-state index < -0.39 is 5.97 Å². The van der Waals surface area contributed by atoms with Crippen LogP contribution in [0.2, 0.25) is 0 Å². The van der Waals surface area contributed by atoms with Crippen molar-refractivity contribution in [3.8, 4) is 0 Å². The standard InChI is InChI=1S/C23H25BrN4O3/c1-15(27-10-12-28(13-11-27)17-6-4-3-5-7-17)22(29)26-20-18-14-16(24)8-9-19(18)25-21(20)23(30)31-2/h3-9,14-15,25H,10-13H2,1-2H3,(H,26,29)/p+1/t15-/m0/s1. The molecule has 3 N–H and O–H groups in total. The minimum Gasteiger partial charge on any atom is -0.464 e. The fourth-order valence-electron chi connectivity index (χ4n) is 4.09. The van der Waals surface area contributed by atoms with Gasteiger partial charge in [-0.15, -0.1) is 0 Å². The Bertz CT molecular complexity index is 1090. The number of hydrogen-bond acceptors (Lipinski definition) is 4. The topological polar surface area (TPSA) is 78.9 Å². The van der Waals surface area contributed by atoms with Gasteiger partial charge in [-0.05, 0) is 37.3 Å². The number of ether oxygens (including phenoxy) is 1. The second-order valence-corrected chi connectivity index (χ2v) is 8.66. The number of aromatic amines is 1. The van der Waals surface area contributed by atoms with Crippen molar-refractivity contribution in [3.05, 3.63) is 58.7 Å². The summed E-state index contributed by atoms with van der Waals surface area (Å²) in [5.41, 5.74) is 2.68. The summed E-state index contributed by atoms with van der Waals surface area (Å²) in [5, 5.41) is 3.75. The van der Waals surface area contributed by atoms with Crippen molar-refractivity contribution < 1.29 is 19.2 Å². The maximum absolute atomic E-state index is 13.1. The molecular weight excluding hydrogens is 460 g/mol. The molecule has 2 heterocycles. The maximum atomic E-state index is 13.1. The lowest BCUT2D eigenvalue weighted by atomic mass is 10.1. The molecule has 1 aliphatic rings. The predicted octanol–water partition coefficient (Wildman–Crippen LogP) is 2.45. The van der Waals surface area contributed by atoms with E-state index in [2.05, 4.69) is 43.3 Å². The number of amides is 1. The molecule has 3 aromatic rings. The van der Waals surface area contributed by atoms with Crippen LogP contribution in [0.1, 0.15) is 17.4 Å².